The van der Waals surface area contributed by atoms with Gasteiger partial charge in [0.05, 0.1) is 11.9 Å². The molecule has 4 nitrogen and oxygen atoms in total. The van der Waals surface area contributed by atoms with Crippen molar-refractivity contribution in [2.45, 2.75) is 109 Å². The number of H-pyrrole nitrogens is 1. The second kappa shape index (κ2) is 8.04. The molecular weight excluding hydrogens is 402 g/mol. The van der Waals surface area contributed by atoms with E-state index in [2.05, 4.69) is 42.9 Å². The van der Waals surface area contributed by atoms with Crippen molar-refractivity contribution in [1.29, 1.82) is 0 Å². The number of hydrogen-bond acceptors (Lipinski definition) is 4. The zero-order valence-electron chi connectivity index (χ0n) is 20.1. The SMILES string of the molecule is CC(C)(CC1CCC2C3CCC4CCCCC4(C)C3CC(O)C12C)SCc1ncn[nH]1. The van der Waals surface area contributed by atoms with Gasteiger partial charge in [-0.2, -0.15) is 5.10 Å². The molecule has 0 aliphatic heterocycles. The number of fused-ring (bicyclic) bond motifs is 5. The van der Waals surface area contributed by atoms with Crippen LogP contribution in [-0.2, 0) is 5.75 Å². The average molecular weight is 446 g/mol. The van der Waals surface area contributed by atoms with Crippen LogP contribution in [0.5, 0.6) is 0 Å². The van der Waals surface area contributed by atoms with Crippen molar-refractivity contribution in [2.24, 2.45) is 40.4 Å². The first kappa shape index (κ1) is 22.3. The summed E-state index contributed by atoms with van der Waals surface area (Å²) in [5.74, 6) is 5.72. The van der Waals surface area contributed by atoms with E-state index in [1.54, 1.807) is 6.33 Å². The van der Waals surface area contributed by atoms with Gasteiger partial charge < -0.3 is 5.11 Å². The van der Waals surface area contributed by atoms with Crippen LogP contribution in [0, 0.1) is 40.4 Å². The topological polar surface area (TPSA) is 61.8 Å². The van der Waals surface area contributed by atoms with Crippen LogP contribution >= 0.6 is 11.8 Å². The van der Waals surface area contributed by atoms with Crippen LogP contribution in [0.25, 0.3) is 0 Å². The molecule has 31 heavy (non-hydrogen) atoms. The number of aromatic amines is 1. The fourth-order valence-corrected chi connectivity index (χ4v) is 9.92. The summed E-state index contributed by atoms with van der Waals surface area (Å²) in [4.78, 5) is 4.30. The van der Waals surface area contributed by atoms with Gasteiger partial charge in [-0.1, -0.05) is 40.5 Å². The summed E-state index contributed by atoms with van der Waals surface area (Å²) < 4.78 is 0.179. The predicted octanol–water partition coefficient (Wildman–Crippen LogP) is 6.23. The summed E-state index contributed by atoms with van der Waals surface area (Å²) in [6.07, 6.45) is 14.9. The zero-order chi connectivity index (χ0) is 21.9. The Labute approximate surface area is 193 Å². The summed E-state index contributed by atoms with van der Waals surface area (Å²) in [5.41, 5.74) is 0.594. The fourth-order valence-electron chi connectivity index (χ4n) is 8.94. The predicted molar refractivity (Wildman–Crippen MR) is 128 cm³/mol. The van der Waals surface area contributed by atoms with E-state index < -0.39 is 0 Å². The van der Waals surface area contributed by atoms with Gasteiger partial charge in [0, 0.05) is 4.75 Å². The second-order valence-corrected chi connectivity index (χ2v) is 14.2. The summed E-state index contributed by atoms with van der Waals surface area (Å²) in [6, 6.07) is 0. The minimum Gasteiger partial charge on any atom is -0.393 e. The van der Waals surface area contributed by atoms with Gasteiger partial charge in [0.15, 0.2) is 0 Å². The molecular formula is C26H43N3OS. The van der Waals surface area contributed by atoms with Crippen LogP contribution in [0.3, 0.4) is 0 Å². The van der Waals surface area contributed by atoms with E-state index in [9.17, 15) is 5.11 Å². The van der Waals surface area contributed by atoms with Crippen LogP contribution in [0.1, 0.15) is 97.7 Å². The number of rotatable bonds is 5. The van der Waals surface area contributed by atoms with Crippen molar-refractivity contribution in [3.63, 3.8) is 0 Å². The molecule has 8 unspecified atom stereocenters. The number of aromatic nitrogens is 3. The number of hydrogen-bond donors (Lipinski definition) is 2. The summed E-state index contributed by atoms with van der Waals surface area (Å²) >= 11 is 1.98. The Kier molecular flexibility index (Phi) is 5.77. The Hall–Kier alpha value is -0.550. The summed E-state index contributed by atoms with van der Waals surface area (Å²) in [5, 5.41) is 18.7. The van der Waals surface area contributed by atoms with Gasteiger partial charge in [-0.15, -0.1) is 11.8 Å². The van der Waals surface area contributed by atoms with Crippen LogP contribution < -0.4 is 0 Å². The Morgan fingerprint density at radius 3 is 2.74 bits per heavy atom. The lowest BCUT2D eigenvalue weighted by Gasteiger charge is -2.62. The molecule has 5 rings (SSSR count). The molecule has 8 atom stereocenters. The third-order valence-electron chi connectivity index (χ3n) is 10.7. The smallest absolute Gasteiger partial charge is 0.137 e. The largest absolute Gasteiger partial charge is 0.393 e. The third-order valence-corrected chi connectivity index (χ3v) is 12.0. The minimum atomic E-state index is -0.126. The zero-order valence-corrected chi connectivity index (χ0v) is 20.9. The fraction of sp³-hybridized carbons (Fsp3) is 0.923. The Morgan fingerprint density at radius 1 is 1.13 bits per heavy atom. The molecule has 0 aromatic carbocycles. The number of nitrogens with one attached hydrogen (secondary N) is 1. The maximum absolute atomic E-state index is 11.7. The molecule has 174 valence electrons. The minimum absolute atomic E-state index is 0.100. The molecule has 1 aromatic heterocycles. The quantitative estimate of drug-likeness (QED) is 0.564. The van der Waals surface area contributed by atoms with Gasteiger partial charge in [0.1, 0.15) is 12.2 Å². The molecule has 0 saturated heterocycles. The molecule has 4 fully saturated rings. The summed E-state index contributed by atoms with van der Waals surface area (Å²) in [7, 11) is 0. The number of aliphatic hydroxyl groups excluding tert-OH is 1. The van der Waals surface area contributed by atoms with Crippen molar-refractivity contribution >= 4 is 11.8 Å². The lowest BCUT2D eigenvalue weighted by Crippen LogP contribution is -2.58. The molecule has 5 heteroatoms. The molecule has 4 aliphatic rings. The maximum Gasteiger partial charge on any atom is 0.137 e. The highest BCUT2D eigenvalue weighted by Crippen LogP contribution is 2.68. The van der Waals surface area contributed by atoms with Crippen molar-refractivity contribution < 1.29 is 5.11 Å². The van der Waals surface area contributed by atoms with Crippen LogP contribution in [-0.4, -0.2) is 31.1 Å². The van der Waals surface area contributed by atoms with Gasteiger partial charge in [0.25, 0.3) is 0 Å². The van der Waals surface area contributed by atoms with E-state index in [1.165, 1.54) is 57.8 Å². The van der Waals surface area contributed by atoms with Gasteiger partial charge >= 0.3 is 0 Å². The van der Waals surface area contributed by atoms with Crippen LogP contribution in [0.4, 0.5) is 0 Å². The Balaban J connectivity index is 1.32. The second-order valence-electron chi connectivity index (χ2n) is 12.5. The Morgan fingerprint density at radius 2 is 1.97 bits per heavy atom. The van der Waals surface area contributed by atoms with Crippen LogP contribution in [0.15, 0.2) is 6.33 Å². The van der Waals surface area contributed by atoms with Gasteiger partial charge in [-0.05, 0) is 91.8 Å². The number of thioether (sulfide) groups is 1. The van der Waals surface area contributed by atoms with E-state index in [0.717, 1.165) is 41.7 Å². The van der Waals surface area contributed by atoms with E-state index in [0.29, 0.717) is 11.3 Å². The molecule has 1 heterocycles. The summed E-state index contributed by atoms with van der Waals surface area (Å²) in [6.45, 7) is 9.86. The monoisotopic (exact) mass is 445 g/mol. The van der Waals surface area contributed by atoms with Crippen molar-refractivity contribution in [1.82, 2.24) is 15.2 Å². The van der Waals surface area contributed by atoms with Gasteiger partial charge in [-0.25, -0.2) is 4.98 Å². The lowest BCUT2D eigenvalue weighted by molar-refractivity contribution is -0.164. The molecule has 1 aromatic rings. The van der Waals surface area contributed by atoms with Gasteiger partial charge in [-0.3, -0.25) is 5.10 Å². The molecule has 0 spiro atoms. The Bertz CT molecular complexity index is 767. The highest BCUT2D eigenvalue weighted by Gasteiger charge is 2.63. The van der Waals surface area contributed by atoms with Crippen LogP contribution in [0.2, 0.25) is 0 Å². The highest BCUT2D eigenvalue weighted by atomic mass is 32.2. The molecule has 0 bridgehead atoms. The van der Waals surface area contributed by atoms with E-state index in [4.69, 9.17) is 0 Å². The highest BCUT2D eigenvalue weighted by molar-refractivity contribution is 7.99. The molecule has 0 radical (unpaired) electrons. The van der Waals surface area contributed by atoms with Crippen molar-refractivity contribution in [3.8, 4) is 0 Å². The van der Waals surface area contributed by atoms with E-state index in [-0.39, 0.29) is 16.3 Å². The number of nitrogens with zero attached hydrogens (tertiary/aromatic N) is 2. The molecule has 0 amide bonds. The lowest BCUT2D eigenvalue weighted by atomic mass is 9.44. The third kappa shape index (κ3) is 3.70. The average Bonchev–Trinajstić information content (AvgIpc) is 3.36. The van der Waals surface area contributed by atoms with Gasteiger partial charge in [0.2, 0.25) is 0 Å². The van der Waals surface area contributed by atoms with E-state index in [1.807, 2.05) is 11.8 Å². The standard InChI is InChI=1S/C26H43N3OS/c1-24(2,31-15-23-27-16-28-29-23)14-18-9-11-20-19-10-8-17-7-5-6-12-25(17,3)21(19)13-22(30)26(18,20)4/h16-22,30H,5-15H2,1-4H3,(H,27,28,29). The first-order valence-corrected chi connectivity index (χ1v) is 13.9. The normalized spacial score (nSPS) is 45.1. The van der Waals surface area contributed by atoms with Crippen molar-refractivity contribution in [3.05, 3.63) is 12.2 Å². The first-order chi connectivity index (χ1) is 14.7. The van der Waals surface area contributed by atoms with E-state index >= 15 is 0 Å². The molecule has 2 N–H and O–H groups in total. The molecule has 4 saturated carbocycles. The maximum atomic E-state index is 11.7. The molecule has 4 aliphatic carbocycles. The first-order valence-electron chi connectivity index (χ1n) is 12.9. The van der Waals surface area contributed by atoms with Crippen molar-refractivity contribution in [2.75, 3.05) is 0 Å². The number of aliphatic hydroxyl groups is 1.